The number of carboxylic acid groups (broad SMARTS) is 1. The number of hydrogen-bond donors (Lipinski definition) is 2. The summed E-state index contributed by atoms with van der Waals surface area (Å²) in [6.07, 6.45) is -1.21. The molecule has 0 saturated carbocycles. The van der Waals surface area contributed by atoms with Crippen molar-refractivity contribution < 1.29 is 23.5 Å². The Bertz CT molecular complexity index is 816. The molecule has 0 aliphatic carbocycles. The molecule has 0 bridgehead atoms. The molecule has 0 aromatic heterocycles. The first-order chi connectivity index (χ1) is 11.6. The zero-order valence-electron chi connectivity index (χ0n) is 14.0. The lowest BCUT2D eigenvalue weighted by Crippen LogP contribution is -2.45. The van der Waals surface area contributed by atoms with E-state index in [9.17, 15) is 23.5 Å². The highest BCUT2D eigenvalue weighted by Crippen LogP contribution is 2.28. The molecule has 0 atom stereocenters. The summed E-state index contributed by atoms with van der Waals surface area (Å²) in [5, 5.41) is 11.8. The van der Waals surface area contributed by atoms with Crippen molar-refractivity contribution in [2.75, 3.05) is 10.2 Å². The fourth-order valence-electron chi connectivity index (χ4n) is 2.36. The maximum Gasteiger partial charge on any atom is 0.412 e. The molecule has 2 amide bonds. The molecule has 2 rings (SSSR count). The minimum absolute atomic E-state index is 0.0238. The summed E-state index contributed by atoms with van der Waals surface area (Å²) in [4.78, 5) is 24.7. The summed E-state index contributed by atoms with van der Waals surface area (Å²) in [5.74, 6) is -2.02. The number of nitrogens with one attached hydrogen (secondary N) is 1. The molecule has 5 nitrogen and oxygen atoms in total. The first-order valence-electron chi connectivity index (χ1n) is 7.49. The number of hydrogen-bond acceptors (Lipinski definition) is 2. The minimum atomic E-state index is -1.21. The predicted octanol–water partition coefficient (Wildman–Crippen LogP) is 4.50. The van der Waals surface area contributed by atoms with Crippen molar-refractivity contribution in [2.45, 2.75) is 26.3 Å². The van der Waals surface area contributed by atoms with E-state index in [2.05, 4.69) is 5.32 Å². The van der Waals surface area contributed by atoms with Crippen LogP contribution < -0.4 is 10.2 Å². The van der Waals surface area contributed by atoms with Crippen molar-refractivity contribution in [1.82, 2.24) is 0 Å². The van der Waals surface area contributed by atoms with Gasteiger partial charge < -0.3 is 10.4 Å². The molecule has 0 radical (unpaired) electrons. The number of amides is 2. The van der Waals surface area contributed by atoms with Crippen LogP contribution >= 0.6 is 0 Å². The Morgan fingerprint density at radius 2 is 1.76 bits per heavy atom. The monoisotopic (exact) mass is 348 g/mol. The van der Waals surface area contributed by atoms with E-state index in [-0.39, 0.29) is 16.9 Å². The Kier molecular flexibility index (Phi) is 5.06. The minimum Gasteiger partial charge on any atom is -0.465 e. The lowest BCUT2D eigenvalue weighted by Gasteiger charge is -2.33. The average Bonchev–Trinajstić information content (AvgIpc) is 2.48. The van der Waals surface area contributed by atoms with E-state index in [0.717, 1.165) is 17.0 Å². The molecule has 0 aliphatic heterocycles. The van der Waals surface area contributed by atoms with Crippen LogP contribution in [-0.4, -0.2) is 22.6 Å². The second-order valence-electron chi connectivity index (χ2n) is 6.42. The zero-order chi connectivity index (χ0) is 18.8. The van der Waals surface area contributed by atoms with Crippen molar-refractivity contribution in [3.63, 3.8) is 0 Å². The largest absolute Gasteiger partial charge is 0.465 e. The number of carbonyl (C=O) groups excluding carboxylic acids is 1. The smallest absolute Gasteiger partial charge is 0.412 e. The van der Waals surface area contributed by atoms with Crippen molar-refractivity contribution in [1.29, 1.82) is 0 Å². The molecule has 132 valence electrons. The maximum absolute atomic E-state index is 14.0. The van der Waals surface area contributed by atoms with Crippen LogP contribution in [0, 0.1) is 11.6 Å². The SMILES string of the molecule is CC(C)(C)N(C(=O)O)c1ccc(F)c(NC(=O)c2cccc(F)c2)c1. The third kappa shape index (κ3) is 4.32. The lowest BCUT2D eigenvalue weighted by molar-refractivity contribution is 0.102. The standard InChI is InChI=1S/C18H18F2N2O3/c1-18(2,3)22(17(24)25)13-7-8-14(20)15(10-13)21-16(23)11-5-4-6-12(19)9-11/h4-10H,1-3H3,(H,21,23)(H,24,25). The van der Waals surface area contributed by atoms with Gasteiger partial charge in [-0.1, -0.05) is 6.07 Å². The van der Waals surface area contributed by atoms with Crippen LogP contribution in [-0.2, 0) is 0 Å². The summed E-state index contributed by atoms with van der Waals surface area (Å²) >= 11 is 0. The molecular formula is C18H18F2N2O3. The second kappa shape index (κ2) is 6.88. The summed E-state index contributed by atoms with van der Waals surface area (Å²) in [7, 11) is 0. The first kappa shape index (κ1) is 18.4. The Balaban J connectivity index is 2.36. The van der Waals surface area contributed by atoms with Crippen LogP contribution in [0.25, 0.3) is 0 Å². The van der Waals surface area contributed by atoms with Gasteiger partial charge in [-0.3, -0.25) is 9.69 Å². The molecule has 0 heterocycles. The maximum atomic E-state index is 14.0. The Hall–Kier alpha value is -2.96. The van der Waals surface area contributed by atoms with Gasteiger partial charge in [-0.05, 0) is 57.2 Å². The van der Waals surface area contributed by atoms with Crippen LogP contribution in [0.1, 0.15) is 31.1 Å². The van der Waals surface area contributed by atoms with Gasteiger partial charge in [-0.15, -0.1) is 0 Å². The summed E-state index contributed by atoms with van der Waals surface area (Å²) in [6.45, 7) is 5.07. The molecule has 0 saturated heterocycles. The fourth-order valence-corrected chi connectivity index (χ4v) is 2.36. The third-order valence-corrected chi connectivity index (χ3v) is 3.41. The van der Waals surface area contributed by atoms with Crippen LogP contribution in [0.15, 0.2) is 42.5 Å². The predicted molar refractivity (Wildman–Crippen MR) is 91.0 cm³/mol. The highest BCUT2D eigenvalue weighted by Gasteiger charge is 2.28. The molecule has 0 unspecified atom stereocenters. The number of carbonyl (C=O) groups is 2. The third-order valence-electron chi connectivity index (χ3n) is 3.41. The highest BCUT2D eigenvalue weighted by molar-refractivity contribution is 6.04. The normalized spacial score (nSPS) is 11.1. The van der Waals surface area contributed by atoms with Gasteiger partial charge in [0, 0.05) is 16.8 Å². The second-order valence-corrected chi connectivity index (χ2v) is 6.42. The summed E-state index contributed by atoms with van der Waals surface area (Å²) < 4.78 is 27.2. The number of nitrogens with zero attached hydrogens (tertiary/aromatic N) is 1. The van der Waals surface area contributed by atoms with Crippen LogP contribution in [0.5, 0.6) is 0 Å². The van der Waals surface area contributed by atoms with Gasteiger partial charge in [0.1, 0.15) is 11.6 Å². The molecule has 7 heteroatoms. The van der Waals surface area contributed by atoms with Crippen molar-refractivity contribution in [3.8, 4) is 0 Å². The van der Waals surface area contributed by atoms with Gasteiger partial charge in [0.15, 0.2) is 0 Å². The number of halogens is 2. The van der Waals surface area contributed by atoms with E-state index >= 15 is 0 Å². The molecule has 0 spiro atoms. The van der Waals surface area contributed by atoms with E-state index in [1.54, 1.807) is 20.8 Å². The molecule has 0 fully saturated rings. The molecule has 2 aromatic carbocycles. The molecule has 2 aromatic rings. The van der Waals surface area contributed by atoms with Crippen LogP contribution in [0.2, 0.25) is 0 Å². The highest BCUT2D eigenvalue weighted by atomic mass is 19.1. The van der Waals surface area contributed by atoms with Gasteiger partial charge in [0.25, 0.3) is 5.91 Å². The Labute approximate surface area is 143 Å². The lowest BCUT2D eigenvalue weighted by atomic mass is 10.1. The molecule has 2 N–H and O–H groups in total. The van der Waals surface area contributed by atoms with Gasteiger partial charge >= 0.3 is 6.09 Å². The Morgan fingerprint density at radius 3 is 2.32 bits per heavy atom. The van der Waals surface area contributed by atoms with E-state index in [1.807, 2.05) is 0 Å². The van der Waals surface area contributed by atoms with Crippen LogP contribution in [0.4, 0.5) is 25.0 Å². The van der Waals surface area contributed by atoms with Crippen molar-refractivity contribution in [3.05, 3.63) is 59.7 Å². The van der Waals surface area contributed by atoms with Crippen LogP contribution in [0.3, 0.4) is 0 Å². The topological polar surface area (TPSA) is 69.6 Å². The van der Waals surface area contributed by atoms with E-state index in [1.165, 1.54) is 30.3 Å². The van der Waals surface area contributed by atoms with Gasteiger partial charge in [0.05, 0.1) is 5.69 Å². The van der Waals surface area contributed by atoms with E-state index in [4.69, 9.17) is 0 Å². The van der Waals surface area contributed by atoms with Crippen molar-refractivity contribution >= 4 is 23.4 Å². The van der Waals surface area contributed by atoms with E-state index < -0.39 is 29.2 Å². The van der Waals surface area contributed by atoms with Gasteiger partial charge in [0.2, 0.25) is 0 Å². The summed E-state index contributed by atoms with van der Waals surface area (Å²) in [5.41, 5.74) is -0.734. The molecule has 0 aliphatic rings. The van der Waals surface area contributed by atoms with Crippen molar-refractivity contribution in [2.24, 2.45) is 0 Å². The van der Waals surface area contributed by atoms with Gasteiger partial charge in [-0.25, -0.2) is 13.6 Å². The Morgan fingerprint density at radius 1 is 1.08 bits per heavy atom. The number of benzene rings is 2. The average molecular weight is 348 g/mol. The summed E-state index contributed by atoms with van der Waals surface area (Å²) in [6, 6.07) is 8.57. The molecular weight excluding hydrogens is 330 g/mol. The van der Waals surface area contributed by atoms with E-state index in [0.29, 0.717) is 0 Å². The fraction of sp³-hybridized carbons (Fsp3) is 0.222. The number of anilines is 2. The number of rotatable bonds is 3. The quantitative estimate of drug-likeness (QED) is 0.858. The zero-order valence-corrected chi connectivity index (χ0v) is 14.0. The molecule has 25 heavy (non-hydrogen) atoms. The first-order valence-corrected chi connectivity index (χ1v) is 7.49. The van der Waals surface area contributed by atoms with Gasteiger partial charge in [-0.2, -0.15) is 0 Å².